The van der Waals surface area contributed by atoms with E-state index < -0.39 is 0 Å². The highest BCUT2D eigenvalue weighted by atomic mass is 32.1. The molecule has 0 aliphatic heterocycles. The van der Waals surface area contributed by atoms with Crippen LogP contribution in [0.1, 0.15) is 11.1 Å². The second kappa shape index (κ2) is 7.82. The average Bonchev–Trinajstić information content (AvgIpc) is 3.16. The minimum atomic E-state index is -0.228. The molecule has 0 aliphatic rings. The van der Waals surface area contributed by atoms with E-state index in [0.29, 0.717) is 10.9 Å². The van der Waals surface area contributed by atoms with Crippen molar-refractivity contribution in [1.82, 2.24) is 4.98 Å². The number of aromatic nitrogens is 1. The molecule has 1 heterocycles. The molecule has 0 atom stereocenters. The summed E-state index contributed by atoms with van der Waals surface area (Å²) in [6, 6.07) is 20.1. The Kier molecular flexibility index (Phi) is 5.08. The normalized spacial score (nSPS) is 10.8. The molecule has 0 aliphatic carbocycles. The molecule has 4 nitrogen and oxygen atoms in total. The van der Waals surface area contributed by atoms with Crippen molar-refractivity contribution in [3.63, 3.8) is 0 Å². The first kappa shape index (κ1) is 18.2. The van der Waals surface area contributed by atoms with Gasteiger partial charge in [0.05, 0.1) is 5.69 Å². The maximum atomic E-state index is 12.2. The molecule has 4 aromatic rings. The lowest BCUT2D eigenvalue weighted by molar-refractivity contribution is -0.118. The predicted octanol–water partition coefficient (Wildman–Crippen LogP) is 5.60. The number of benzene rings is 3. The van der Waals surface area contributed by atoms with Crippen LogP contribution in [0.15, 0.2) is 66.0 Å². The Balaban J connectivity index is 1.38. The van der Waals surface area contributed by atoms with E-state index in [1.165, 1.54) is 22.5 Å². The first-order valence-electron chi connectivity index (χ1n) is 9.03. The summed E-state index contributed by atoms with van der Waals surface area (Å²) < 4.78 is 5.63. The minimum absolute atomic E-state index is 0.0586. The monoisotopic (exact) mass is 388 g/mol. The van der Waals surface area contributed by atoms with Crippen LogP contribution in [0.2, 0.25) is 0 Å². The van der Waals surface area contributed by atoms with E-state index in [1.807, 2.05) is 53.9 Å². The van der Waals surface area contributed by atoms with E-state index in [9.17, 15) is 4.79 Å². The fourth-order valence-electron chi connectivity index (χ4n) is 2.93. The Morgan fingerprint density at radius 2 is 1.82 bits per heavy atom. The second-order valence-electron chi connectivity index (χ2n) is 6.68. The quantitative estimate of drug-likeness (QED) is 0.484. The predicted molar refractivity (Wildman–Crippen MR) is 115 cm³/mol. The van der Waals surface area contributed by atoms with Gasteiger partial charge in [0.25, 0.3) is 5.91 Å². The number of fused-ring (bicyclic) bond motifs is 1. The number of carbonyl (C=O) groups excluding carboxylic acids is 1. The molecule has 4 rings (SSSR count). The molecule has 0 unspecified atom stereocenters. The SMILES string of the molecule is Cc1ccc(-c2csc(NC(=O)COc3ccc4ccccc4c3)n2)cc1C. The Morgan fingerprint density at radius 1 is 1.00 bits per heavy atom. The third-order valence-corrected chi connectivity index (χ3v) is 5.40. The van der Waals surface area contributed by atoms with Crippen molar-refractivity contribution < 1.29 is 9.53 Å². The largest absolute Gasteiger partial charge is 0.484 e. The van der Waals surface area contributed by atoms with Gasteiger partial charge in [-0.3, -0.25) is 10.1 Å². The average molecular weight is 388 g/mol. The summed E-state index contributed by atoms with van der Waals surface area (Å²) in [6.45, 7) is 4.11. The van der Waals surface area contributed by atoms with Gasteiger partial charge < -0.3 is 4.74 Å². The van der Waals surface area contributed by atoms with E-state index in [2.05, 4.69) is 36.3 Å². The van der Waals surface area contributed by atoms with Crippen molar-refractivity contribution >= 4 is 33.1 Å². The van der Waals surface area contributed by atoms with Crippen LogP contribution in [0.25, 0.3) is 22.0 Å². The zero-order valence-corrected chi connectivity index (χ0v) is 16.5. The number of rotatable bonds is 5. The molecular weight excluding hydrogens is 368 g/mol. The maximum Gasteiger partial charge on any atom is 0.264 e. The molecule has 0 radical (unpaired) electrons. The van der Waals surface area contributed by atoms with Gasteiger partial charge in [-0.2, -0.15) is 0 Å². The number of hydrogen-bond donors (Lipinski definition) is 1. The van der Waals surface area contributed by atoms with Gasteiger partial charge in [-0.05, 0) is 53.9 Å². The van der Waals surface area contributed by atoms with Crippen molar-refractivity contribution in [3.05, 3.63) is 77.2 Å². The van der Waals surface area contributed by atoms with Gasteiger partial charge in [-0.15, -0.1) is 11.3 Å². The van der Waals surface area contributed by atoms with Crippen LogP contribution < -0.4 is 10.1 Å². The van der Waals surface area contributed by atoms with Crippen LogP contribution in [0.4, 0.5) is 5.13 Å². The van der Waals surface area contributed by atoms with Crippen molar-refractivity contribution in [3.8, 4) is 17.0 Å². The van der Waals surface area contributed by atoms with Crippen molar-refractivity contribution in [1.29, 1.82) is 0 Å². The molecule has 28 heavy (non-hydrogen) atoms. The third kappa shape index (κ3) is 4.05. The highest BCUT2D eigenvalue weighted by molar-refractivity contribution is 7.14. The molecule has 0 spiro atoms. The van der Waals surface area contributed by atoms with Crippen molar-refractivity contribution in [2.45, 2.75) is 13.8 Å². The van der Waals surface area contributed by atoms with E-state index in [1.54, 1.807) is 0 Å². The van der Waals surface area contributed by atoms with Gasteiger partial charge in [0.15, 0.2) is 11.7 Å². The molecule has 0 bridgehead atoms. The van der Waals surface area contributed by atoms with Gasteiger partial charge in [-0.1, -0.05) is 42.5 Å². The second-order valence-corrected chi connectivity index (χ2v) is 7.54. The minimum Gasteiger partial charge on any atom is -0.484 e. The van der Waals surface area contributed by atoms with Gasteiger partial charge in [-0.25, -0.2) is 4.98 Å². The number of thiazole rings is 1. The summed E-state index contributed by atoms with van der Waals surface area (Å²) in [5.41, 5.74) is 4.38. The first-order valence-corrected chi connectivity index (χ1v) is 9.91. The van der Waals surface area contributed by atoms with Crippen LogP contribution in [0.5, 0.6) is 5.75 Å². The molecule has 0 saturated carbocycles. The molecule has 0 saturated heterocycles. The Hall–Kier alpha value is -3.18. The number of anilines is 1. The van der Waals surface area contributed by atoms with Crippen molar-refractivity contribution in [2.75, 3.05) is 11.9 Å². The van der Waals surface area contributed by atoms with E-state index in [0.717, 1.165) is 22.0 Å². The third-order valence-electron chi connectivity index (χ3n) is 4.64. The van der Waals surface area contributed by atoms with Gasteiger partial charge >= 0.3 is 0 Å². The Morgan fingerprint density at radius 3 is 2.64 bits per heavy atom. The Bertz CT molecular complexity index is 1150. The summed E-state index contributed by atoms with van der Waals surface area (Å²) in [6.07, 6.45) is 0. The molecule has 1 N–H and O–H groups in total. The Labute approximate surface area is 167 Å². The number of ether oxygens (including phenoxy) is 1. The van der Waals surface area contributed by atoms with Gasteiger partial charge in [0.1, 0.15) is 5.75 Å². The molecule has 140 valence electrons. The summed E-state index contributed by atoms with van der Waals surface area (Å²) in [7, 11) is 0. The number of hydrogen-bond acceptors (Lipinski definition) is 4. The lowest BCUT2D eigenvalue weighted by Crippen LogP contribution is -2.20. The highest BCUT2D eigenvalue weighted by Crippen LogP contribution is 2.26. The van der Waals surface area contributed by atoms with Crippen LogP contribution in [0, 0.1) is 13.8 Å². The van der Waals surface area contributed by atoms with E-state index >= 15 is 0 Å². The topological polar surface area (TPSA) is 51.2 Å². The summed E-state index contributed by atoms with van der Waals surface area (Å²) in [5.74, 6) is 0.443. The fourth-order valence-corrected chi connectivity index (χ4v) is 3.66. The van der Waals surface area contributed by atoms with Gasteiger partial charge in [0.2, 0.25) is 0 Å². The smallest absolute Gasteiger partial charge is 0.264 e. The maximum absolute atomic E-state index is 12.2. The summed E-state index contributed by atoms with van der Waals surface area (Å²) in [4.78, 5) is 16.7. The molecule has 1 amide bonds. The van der Waals surface area contributed by atoms with Crippen LogP contribution in [-0.4, -0.2) is 17.5 Å². The molecular formula is C23H20N2O2S. The highest BCUT2D eigenvalue weighted by Gasteiger charge is 2.10. The number of aryl methyl sites for hydroxylation is 2. The molecule has 5 heteroatoms. The summed E-state index contributed by atoms with van der Waals surface area (Å²) >= 11 is 1.41. The number of amides is 1. The summed E-state index contributed by atoms with van der Waals surface area (Å²) in [5, 5.41) is 7.55. The zero-order chi connectivity index (χ0) is 19.5. The van der Waals surface area contributed by atoms with Crippen LogP contribution >= 0.6 is 11.3 Å². The lowest BCUT2D eigenvalue weighted by Gasteiger charge is -2.07. The number of carbonyl (C=O) groups is 1. The fraction of sp³-hybridized carbons (Fsp3) is 0.130. The number of nitrogens with zero attached hydrogens (tertiary/aromatic N) is 1. The lowest BCUT2D eigenvalue weighted by atomic mass is 10.1. The van der Waals surface area contributed by atoms with Crippen LogP contribution in [0.3, 0.4) is 0 Å². The number of nitrogens with one attached hydrogen (secondary N) is 1. The molecule has 1 aromatic heterocycles. The standard InChI is InChI=1S/C23H20N2O2S/c1-15-7-8-19(11-16(15)2)21-14-28-23(24-21)25-22(26)13-27-20-10-9-17-5-3-4-6-18(17)12-20/h3-12,14H,13H2,1-2H3,(H,24,25,26). The van der Waals surface area contributed by atoms with E-state index in [4.69, 9.17) is 4.74 Å². The van der Waals surface area contributed by atoms with E-state index in [-0.39, 0.29) is 12.5 Å². The van der Waals surface area contributed by atoms with Gasteiger partial charge in [0, 0.05) is 10.9 Å². The van der Waals surface area contributed by atoms with Crippen LogP contribution in [-0.2, 0) is 4.79 Å². The molecule has 0 fully saturated rings. The molecule has 3 aromatic carbocycles. The first-order chi connectivity index (χ1) is 13.6. The van der Waals surface area contributed by atoms with Crippen molar-refractivity contribution in [2.24, 2.45) is 0 Å². The zero-order valence-electron chi connectivity index (χ0n) is 15.7.